The van der Waals surface area contributed by atoms with Crippen molar-refractivity contribution in [1.29, 1.82) is 0 Å². The van der Waals surface area contributed by atoms with Crippen LogP contribution in [0, 0.1) is 0 Å². The summed E-state index contributed by atoms with van der Waals surface area (Å²) in [7, 11) is 3.19. The molecule has 0 heterocycles. The van der Waals surface area contributed by atoms with E-state index in [0.717, 1.165) is 6.08 Å². The van der Waals surface area contributed by atoms with Gasteiger partial charge in [0.05, 0.1) is 6.42 Å². The van der Waals surface area contributed by atoms with Crippen LogP contribution in [0.25, 0.3) is 0 Å². The monoisotopic (exact) mass is 229 g/mol. The fourth-order valence-corrected chi connectivity index (χ4v) is 0.813. The van der Waals surface area contributed by atoms with Crippen LogP contribution in [-0.4, -0.2) is 48.6 Å². The minimum Gasteiger partial charge on any atom is -0.478 e. The summed E-state index contributed by atoms with van der Waals surface area (Å²) in [5, 5.41) is 8.37. The predicted octanol–water partition coefficient (Wildman–Crippen LogP) is 0.0388. The third-order valence-electron chi connectivity index (χ3n) is 1.71. The minimum atomic E-state index is -1.21. The van der Waals surface area contributed by atoms with Gasteiger partial charge in [0.15, 0.2) is 0 Å². The number of hydrogen-bond donors (Lipinski definition) is 1. The number of aliphatic carboxylic acids is 1. The smallest absolute Gasteiger partial charge is 0.333 e. The molecule has 0 aromatic rings. The lowest BCUT2D eigenvalue weighted by atomic mass is 10.3. The fourth-order valence-electron chi connectivity index (χ4n) is 0.813. The molecule has 1 N–H and O–H groups in total. The van der Waals surface area contributed by atoms with E-state index in [1.807, 2.05) is 0 Å². The number of carbonyl (C=O) groups is 3. The maximum atomic E-state index is 11.2. The molecule has 0 bridgehead atoms. The van der Waals surface area contributed by atoms with Gasteiger partial charge in [-0.2, -0.15) is 0 Å². The van der Waals surface area contributed by atoms with Gasteiger partial charge < -0.3 is 14.7 Å². The van der Waals surface area contributed by atoms with Crippen LogP contribution in [0.4, 0.5) is 0 Å². The van der Waals surface area contributed by atoms with Crippen molar-refractivity contribution in [3.8, 4) is 0 Å². The molecular weight excluding hydrogens is 214 g/mol. The molecule has 16 heavy (non-hydrogen) atoms. The van der Waals surface area contributed by atoms with E-state index in [0.29, 0.717) is 0 Å². The Balaban J connectivity index is 4.00. The SMILES string of the molecule is C/C(=C\C(=O)O)C(=O)OCCC(=O)N(C)C. The number of hydrogen-bond acceptors (Lipinski definition) is 4. The van der Waals surface area contributed by atoms with Crippen molar-refractivity contribution in [2.45, 2.75) is 13.3 Å². The molecule has 0 aromatic heterocycles. The maximum absolute atomic E-state index is 11.2. The lowest BCUT2D eigenvalue weighted by Crippen LogP contribution is -2.23. The molecule has 0 aliphatic rings. The van der Waals surface area contributed by atoms with Crippen molar-refractivity contribution in [1.82, 2.24) is 4.90 Å². The number of ether oxygens (including phenoxy) is 1. The maximum Gasteiger partial charge on any atom is 0.333 e. The average molecular weight is 229 g/mol. The molecule has 0 aliphatic carbocycles. The zero-order valence-corrected chi connectivity index (χ0v) is 9.52. The third-order valence-corrected chi connectivity index (χ3v) is 1.71. The van der Waals surface area contributed by atoms with E-state index in [2.05, 4.69) is 0 Å². The Kier molecular flexibility index (Phi) is 5.84. The summed E-state index contributed by atoms with van der Waals surface area (Å²) in [6.45, 7) is 1.28. The first-order valence-electron chi connectivity index (χ1n) is 4.63. The Labute approximate surface area is 93.5 Å². The van der Waals surface area contributed by atoms with Crippen molar-refractivity contribution in [3.63, 3.8) is 0 Å². The van der Waals surface area contributed by atoms with Crippen molar-refractivity contribution in [3.05, 3.63) is 11.6 Å². The van der Waals surface area contributed by atoms with Gasteiger partial charge in [0.25, 0.3) is 0 Å². The van der Waals surface area contributed by atoms with Gasteiger partial charge in [-0.15, -0.1) is 0 Å². The van der Waals surface area contributed by atoms with Crippen LogP contribution < -0.4 is 0 Å². The van der Waals surface area contributed by atoms with E-state index >= 15 is 0 Å². The summed E-state index contributed by atoms with van der Waals surface area (Å²) in [6, 6.07) is 0. The molecule has 0 radical (unpaired) electrons. The first-order chi connectivity index (χ1) is 7.34. The lowest BCUT2D eigenvalue weighted by molar-refractivity contribution is -0.141. The number of esters is 1. The topological polar surface area (TPSA) is 83.9 Å². The second-order valence-electron chi connectivity index (χ2n) is 3.34. The summed E-state index contributed by atoms with van der Waals surface area (Å²) in [5.74, 6) is -2.10. The molecule has 6 nitrogen and oxygen atoms in total. The molecule has 0 saturated heterocycles. The van der Waals surface area contributed by atoms with Gasteiger partial charge in [0.2, 0.25) is 5.91 Å². The van der Waals surface area contributed by atoms with Crippen molar-refractivity contribution in [2.75, 3.05) is 20.7 Å². The Hall–Kier alpha value is -1.85. The summed E-state index contributed by atoms with van der Waals surface area (Å²) in [6.07, 6.45) is 0.842. The fraction of sp³-hybridized carbons (Fsp3) is 0.500. The first-order valence-corrected chi connectivity index (χ1v) is 4.63. The van der Waals surface area contributed by atoms with E-state index in [1.165, 1.54) is 11.8 Å². The van der Waals surface area contributed by atoms with Gasteiger partial charge in [-0.1, -0.05) is 0 Å². The highest BCUT2D eigenvalue weighted by Gasteiger charge is 2.09. The molecule has 0 atom stereocenters. The number of carbonyl (C=O) groups excluding carboxylic acids is 2. The average Bonchev–Trinajstić information content (AvgIpc) is 2.15. The van der Waals surface area contributed by atoms with E-state index in [9.17, 15) is 14.4 Å². The second kappa shape index (κ2) is 6.60. The summed E-state index contributed by atoms with van der Waals surface area (Å²) < 4.78 is 4.71. The normalized spacial score (nSPS) is 10.8. The highest BCUT2D eigenvalue weighted by atomic mass is 16.5. The summed E-state index contributed by atoms with van der Waals surface area (Å²) in [4.78, 5) is 33.9. The zero-order valence-electron chi connectivity index (χ0n) is 9.52. The van der Waals surface area contributed by atoms with Crippen LogP contribution >= 0.6 is 0 Å². The Morgan fingerprint density at radius 2 is 1.88 bits per heavy atom. The van der Waals surface area contributed by atoms with Gasteiger partial charge >= 0.3 is 11.9 Å². The van der Waals surface area contributed by atoms with Gasteiger partial charge in [-0.25, -0.2) is 9.59 Å². The van der Waals surface area contributed by atoms with Gasteiger partial charge in [0, 0.05) is 25.7 Å². The van der Waals surface area contributed by atoms with Crippen LogP contribution in [0.3, 0.4) is 0 Å². The van der Waals surface area contributed by atoms with E-state index in [1.54, 1.807) is 14.1 Å². The number of nitrogens with zero attached hydrogens (tertiary/aromatic N) is 1. The predicted molar refractivity (Wildman–Crippen MR) is 55.7 cm³/mol. The van der Waals surface area contributed by atoms with Crippen LogP contribution in [0.1, 0.15) is 13.3 Å². The Morgan fingerprint density at radius 3 is 2.31 bits per heavy atom. The molecule has 0 saturated carbocycles. The molecule has 0 fully saturated rings. The molecule has 6 heteroatoms. The molecule has 0 unspecified atom stereocenters. The van der Waals surface area contributed by atoms with Crippen LogP contribution in [-0.2, 0) is 19.1 Å². The Morgan fingerprint density at radius 1 is 1.31 bits per heavy atom. The molecule has 0 aliphatic heterocycles. The number of carboxylic acids is 1. The highest BCUT2D eigenvalue weighted by molar-refractivity contribution is 5.95. The van der Waals surface area contributed by atoms with E-state index in [4.69, 9.17) is 9.84 Å². The van der Waals surface area contributed by atoms with Gasteiger partial charge in [-0.3, -0.25) is 4.79 Å². The van der Waals surface area contributed by atoms with Gasteiger partial charge in [-0.05, 0) is 6.92 Å². The highest BCUT2D eigenvalue weighted by Crippen LogP contribution is 1.98. The molecule has 1 amide bonds. The van der Waals surface area contributed by atoms with Crippen LogP contribution in [0.15, 0.2) is 11.6 Å². The Bertz CT molecular complexity index is 319. The second-order valence-corrected chi connectivity index (χ2v) is 3.34. The van der Waals surface area contributed by atoms with Gasteiger partial charge in [0.1, 0.15) is 6.61 Å². The number of carboxylic acid groups (broad SMARTS) is 1. The third kappa shape index (κ3) is 5.79. The molecule has 0 aromatic carbocycles. The molecule has 90 valence electrons. The molecule has 0 spiro atoms. The van der Waals surface area contributed by atoms with E-state index in [-0.39, 0.29) is 24.5 Å². The standard InChI is InChI=1S/C10H15NO5/c1-7(6-9(13)14)10(15)16-5-4-8(12)11(2)3/h6H,4-5H2,1-3H3,(H,13,14)/b7-6+. The quantitative estimate of drug-likeness (QED) is 0.531. The summed E-state index contributed by atoms with van der Waals surface area (Å²) in [5.41, 5.74) is -0.00944. The minimum absolute atomic E-state index is 0.00944. The van der Waals surface area contributed by atoms with Crippen LogP contribution in [0.5, 0.6) is 0 Å². The van der Waals surface area contributed by atoms with Crippen LogP contribution in [0.2, 0.25) is 0 Å². The zero-order chi connectivity index (χ0) is 12.7. The van der Waals surface area contributed by atoms with Crippen molar-refractivity contribution >= 4 is 17.8 Å². The van der Waals surface area contributed by atoms with Crippen molar-refractivity contribution < 1.29 is 24.2 Å². The number of rotatable bonds is 5. The van der Waals surface area contributed by atoms with E-state index < -0.39 is 11.9 Å². The summed E-state index contributed by atoms with van der Waals surface area (Å²) >= 11 is 0. The van der Waals surface area contributed by atoms with Crippen molar-refractivity contribution in [2.24, 2.45) is 0 Å². The lowest BCUT2D eigenvalue weighted by Gasteiger charge is -2.10. The number of amides is 1. The molecule has 0 rings (SSSR count). The largest absolute Gasteiger partial charge is 0.478 e. The first kappa shape index (κ1) is 14.2. The molecular formula is C10H15NO5.